The van der Waals surface area contributed by atoms with Crippen LogP contribution in [-0.2, 0) is 12.8 Å². The van der Waals surface area contributed by atoms with Gasteiger partial charge in [0, 0.05) is 11.5 Å². The van der Waals surface area contributed by atoms with Crippen LogP contribution < -0.4 is 0 Å². The number of allylic oxidation sites excluding steroid dienone is 1. The number of fused-ring (bicyclic) bond motifs is 2. The lowest BCUT2D eigenvalue weighted by Crippen LogP contribution is -2.03. The van der Waals surface area contributed by atoms with Crippen LogP contribution in [0, 0.1) is 12.3 Å². The summed E-state index contributed by atoms with van der Waals surface area (Å²) in [6.07, 6.45) is 10.2. The van der Waals surface area contributed by atoms with Crippen molar-refractivity contribution < 1.29 is 0 Å². The van der Waals surface area contributed by atoms with Crippen molar-refractivity contribution in [2.75, 3.05) is 0 Å². The third kappa shape index (κ3) is 3.23. The molecule has 0 heterocycles. The maximum Gasteiger partial charge on any atom is 0.0321 e. The van der Waals surface area contributed by atoms with E-state index in [9.17, 15) is 0 Å². The SMILES string of the molecule is C#Cc1cccc2c(CCc3ccccc3)cc(C3C(C)=Cc4ccccc43)cc12. The van der Waals surface area contributed by atoms with Gasteiger partial charge < -0.3 is 0 Å². The van der Waals surface area contributed by atoms with E-state index in [4.69, 9.17) is 6.42 Å². The summed E-state index contributed by atoms with van der Waals surface area (Å²) in [7, 11) is 0. The van der Waals surface area contributed by atoms with Gasteiger partial charge in [-0.1, -0.05) is 90.4 Å². The van der Waals surface area contributed by atoms with E-state index in [1.54, 1.807) is 0 Å². The zero-order valence-electron chi connectivity index (χ0n) is 17.2. The van der Waals surface area contributed by atoms with E-state index in [0.29, 0.717) is 5.92 Å². The molecule has 1 unspecified atom stereocenters. The molecule has 0 spiro atoms. The summed E-state index contributed by atoms with van der Waals surface area (Å²) in [5.74, 6) is 3.20. The fourth-order valence-corrected chi connectivity index (χ4v) is 4.83. The molecule has 0 radical (unpaired) electrons. The van der Waals surface area contributed by atoms with Crippen LogP contribution >= 0.6 is 0 Å². The van der Waals surface area contributed by atoms with Gasteiger partial charge in [0.25, 0.3) is 0 Å². The number of benzene rings is 4. The van der Waals surface area contributed by atoms with Crippen molar-refractivity contribution in [2.24, 2.45) is 0 Å². The second kappa shape index (κ2) is 7.69. The second-order valence-corrected chi connectivity index (χ2v) is 8.16. The van der Waals surface area contributed by atoms with Gasteiger partial charge >= 0.3 is 0 Å². The minimum atomic E-state index is 0.298. The average molecular weight is 385 g/mol. The van der Waals surface area contributed by atoms with Crippen molar-refractivity contribution in [1.82, 2.24) is 0 Å². The summed E-state index contributed by atoms with van der Waals surface area (Å²) >= 11 is 0. The number of rotatable bonds is 4. The highest BCUT2D eigenvalue weighted by molar-refractivity contribution is 5.92. The summed E-state index contributed by atoms with van der Waals surface area (Å²) < 4.78 is 0. The highest BCUT2D eigenvalue weighted by Crippen LogP contribution is 2.42. The predicted octanol–water partition coefficient (Wildman–Crippen LogP) is 7.16. The first-order chi connectivity index (χ1) is 14.7. The third-order valence-electron chi connectivity index (χ3n) is 6.26. The number of hydrogen-bond acceptors (Lipinski definition) is 0. The van der Waals surface area contributed by atoms with Crippen LogP contribution in [-0.4, -0.2) is 0 Å². The summed E-state index contributed by atoms with van der Waals surface area (Å²) in [5, 5.41) is 2.47. The molecule has 0 saturated carbocycles. The molecule has 0 bridgehead atoms. The average Bonchev–Trinajstić information content (AvgIpc) is 3.13. The van der Waals surface area contributed by atoms with Gasteiger partial charge in [-0.2, -0.15) is 0 Å². The molecule has 1 aliphatic carbocycles. The molecule has 5 rings (SSSR count). The minimum Gasteiger partial charge on any atom is -0.115 e. The molecule has 0 N–H and O–H groups in total. The van der Waals surface area contributed by atoms with Gasteiger partial charge in [0.2, 0.25) is 0 Å². The van der Waals surface area contributed by atoms with Gasteiger partial charge in [-0.05, 0) is 70.5 Å². The molecule has 0 heteroatoms. The first kappa shape index (κ1) is 18.5. The van der Waals surface area contributed by atoms with Crippen LogP contribution in [0.1, 0.15) is 46.2 Å². The highest BCUT2D eigenvalue weighted by atomic mass is 14.3. The Morgan fingerprint density at radius 3 is 2.43 bits per heavy atom. The Balaban J connectivity index is 1.65. The zero-order chi connectivity index (χ0) is 20.5. The molecule has 4 aromatic carbocycles. The maximum absolute atomic E-state index is 5.88. The zero-order valence-corrected chi connectivity index (χ0v) is 17.2. The molecule has 30 heavy (non-hydrogen) atoms. The summed E-state index contributed by atoms with van der Waals surface area (Å²) in [6.45, 7) is 2.24. The maximum atomic E-state index is 5.88. The van der Waals surface area contributed by atoms with Crippen LogP contribution in [0.15, 0.2) is 90.5 Å². The van der Waals surface area contributed by atoms with Gasteiger partial charge in [0.1, 0.15) is 0 Å². The van der Waals surface area contributed by atoms with Crippen LogP contribution in [0.4, 0.5) is 0 Å². The van der Waals surface area contributed by atoms with E-state index in [-0.39, 0.29) is 0 Å². The normalized spacial score (nSPS) is 14.9. The molecule has 0 aromatic heterocycles. The molecule has 0 nitrogen and oxygen atoms in total. The Morgan fingerprint density at radius 1 is 0.800 bits per heavy atom. The first-order valence-electron chi connectivity index (χ1n) is 10.6. The lowest BCUT2D eigenvalue weighted by Gasteiger charge is -2.19. The Morgan fingerprint density at radius 2 is 1.60 bits per heavy atom. The quantitative estimate of drug-likeness (QED) is 0.328. The number of aryl methyl sites for hydroxylation is 2. The van der Waals surface area contributed by atoms with E-state index in [1.165, 1.54) is 44.2 Å². The molecule has 0 amide bonds. The monoisotopic (exact) mass is 384 g/mol. The molecule has 1 aliphatic rings. The fraction of sp³-hybridized carbons (Fsp3) is 0.133. The van der Waals surface area contributed by atoms with Crippen molar-refractivity contribution >= 4 is 16.8 Å². The molecule has 1 atom stereocenters. The molecule has 0 aliphatic heterocycles. The summed E-state index contributed by atoms with van der Waals surface area (Å²) in [4.78, 5) is 0. The van der Waals surface area contributed by atoms with Crippen molar-refractivity contribution in [1.29, 1.82) is 0 Å². The lowest BCUT2D eigenvalue weighted by molar-refractivity contribution is 0.943. The minimum absolute atomic E-state index is 0.298. The topological polar surface area (TPSA) is 0 Å². The van der Waals surface area contributed by atoms with Crippen LogP contribution in [0.25, 0.3) is 16.8 Å². The Labute approximate surface area is 178 Å². The van der Waals surface area contributed by atoms with Crippen molar-refractivity contribution in [3.63, 3.8) is 0 Å². The predicted molar refractivity (Wildman–Crippen MR) is 128 cm³/mol. The molecule has 144 valence electrons. The molecule has 4 aromatic rings. The smallest absolute Gasteiger partial charge is 0.0321 e. The number of terminal acetylenes is 1. The molecular weight excluding hydrogens is 360 g/mol. The second-order valence-electron chi connectivity index (χ2n) is 8.16. The Kier molecular flexibility index (Phi) is 4.74. The highest BCUT2D eigenvalue weighted by Gasteiger charge is 2.24. The summed E-state index contributed by atoms with van der Waals surface area (Å²) in [6, 6.07) is 30.5. The van der Waals surface area contributed by atoms with E-state index in [1.807, 2.05) is 0 Å². The van der Waals surface area contributed by atoms with E-state index in [0.717, 1.165) is 18.4 Å². The van der Waals surface area contributed by atoms with E-state index >= 15 is 0 Å². The van der Waals surface area contributed by atoms with Gasteiger partial charge in [-0.15, -0.1) is 6.42 Å². The van der Waals surface area contributed by atoms with E-state index < -0.39 is 0 Å². The molecule has 0 fully saturated rings. The molecule has 0 saturated heterocycles. The Bertz CT molecular complexity index is 1300. The van der Waals surface area contributed by atoms with Crippen molar-refractivity contribution in [3.05, 3.63) is 124 Å². The van der Waals surface area contributed by atoms with Crippen molar-refractivity contribution in [2.45, 2.75) is 25.7 Å². The van der Waals surface area contributed by atoms with Gasteiger partial charge in [-0.25, -0.2) is 0 Å². The van der Waals surface area contributed by atoms with E-state index in [2.05, 4.69) is 104 Å². The van der Waals surface area contributed by atoms with Gasteiger partial charge in [-0.3, -0.25) is 0 Å². The van der Waals surface area contributed by atoms with Crippen LogP contribution in [0.2, 0.25) is 0 Å². The van der Waals surface area contributed by atoms with Gasteiger partial charge in [0.15, 0.2) is 0 Å². The van der Waals surface area contributed by atoms with Crippen LogP contribution in [0.3, 0.4) is 0 Å². The first-order valence-corrected chi connectivity index (χ1v) is 10.6. The fourth-order valence-electron chi connectivity index (χ4n) is 4.83. The Hall–Kier alpha value is -3.56. The van der Waals surface area contributed by atoms with Crippen molar-refractivity contribution in [3.8, 4) is 12.3 Å². The largest absolute Gasteiger partial charge is 0.115 e. The lowest BCUT2D eigenvalue weighted by atomic mass is 9.85. The summed E-state index contributed by atoms with van der Waals surface area (Å²) in [5.41, 5.74) is 9.17. The van der Waals surface area contributed by atoms with Gasteiger partial charge in [0.05, 0.1) is 0 Å². The number of hydrogen-bond donors (Lipinski definition) is 0. The third-order valence-corrected chi connectivity index (χ3v) is 6.26. The standard InChI is InChI=1S/C30H24/c1-3-23-13-9-15-27-25(17-16-22-10-5-4-6-11-22)19-26(20-29(23)27)30-21(2)18-24-12-7-8-14-28(24)30/h1,4-15,18-20,30H,16-17H2,2H3. The molecular formula is C30H24. The van der Waals surface area contributed by atoms with Crippen LogP contribution in [0.5, 0.6) is 0 Å².